The minimum atomic E-state index is -0.568. The van der Waals surface area contributed by atoms with E-state index in [9.17, 15) is 9.90 Å². The Balaban J connectivity index is 1.42. The molecule has 0 bridgehead atoms. The zero-order valence-electron chi connectivity index (χ0n) is 18.5. The van der Waals surface area contributed by atoms with Gasteiger partial charge in [-0.2, -0.15) is 0 Å². The van der Waals surface area contributed by atoms with Crippen LogP contribution < -0.4 is 10.6 Å². The van der Waals surface area contributed by atoms with E-state index in [0.717, 1.165) is 46.7 Å². The number of aliphatic hydroxyl groups excluding tert-OH is 1. The van der Waals surface area contributed by atoms with Gasteiger partial charge in [-0.3, -0.25) is 9.78 Å². The molecule has 4 rings (SSSR count). The molecule has 5 nitrogen and oxygen atoms in total. The molecule has 0 radical (unpaired) electrons. The lowest BCUT2D eigenvalue weighted by molar-refractivity contribution is 0.102. The van der Waals surface area contributed by atoms with Crippen molar-refractivity contribution in [3.8, 4) is 11.1 Å². The molecule has 4 aromatic rings. The maximum absolute atomic E-state index is 13.1. The third kappa shape index (κ3) is 5.84. The first-order valence-electron chi connectivity index (χ1n) is 11.0. The van der Waals surface area contributed by atoms with Gasteiger partial charge in [0.15, 0.2) is 0 Å². The number of hydrogen-bond donors (Lipinski definition) is 3. The Bertz CT molecular complexity index is 1210. The third-order valence-electron chi connectivity index (χ3n) is 5.43. The first-order chi connectivity index (χ1) is 16.1. The second-order valence-electron chi connectivity index (χ2n) is 7.88. The Labute approximate surface area is 194 Å². The maximum Gasteiger partial charge on any atom is 0.256 e. The summed E-state index contributed by atoms with van der Waals surface area (Å²) in [6, 6.07) is 28.7. The van der Waals surface area contributed by atoms with Crippen LogP contribution >= 0.6 is 0 Å². The molecule has 1 atom stereocenters. The van der Waals surface area contributed by atoms with Crippen molar-refractivity contribution in [2.75, 3.05) is 17.2 Å². The molecule has 5 heteroatoms. The Morgan fingerprint density at radius 2 is 1.67 bits per heavy atom. The molecule has 0 saturated heterocycles. The minimum Gasteiger partial charge on any atom is -0.389 e. The topological polar surface area (TPSA) is 74.2 Å². The summed E-state index contributed by atoms with van der Waals surface area (Å²) < 4.78 is 0. The number of aliphatic hydroxyl groups is 1. The van der Waals surface area contributed by atoms with E-state index in [1.165, 1.54) is 0 Å². The number of nitrogens with zero attached hydrogens (tertiary/aromatic N) is 1. The summed E-state index contributed by atoms with van der Waals surface area (Å²) in [7, 11) is 0. The number of nitrogens with one attached hydrogen (secondary N) is 2. The Kier molecular flexibility index (Phi) is 7.12. The number of carbonyl (C=O) groups excluding carboxylic acids is 1. The van der Waals surface area contributed by atoms with Crippen molar-refractivity contribution in [2.24, 2.45) is 0 Å². The van der Waals surface area contributed by atoms with Crippen molar-refractivity contribution in [3.05, 3.63) is 114 Å². The van der Waals surface area contributed by atoms with Gasteiger partial charge >= 0.3 is 0 Å². The highest BCUT2D eigenvalue weighted by molar-refractivity contribution is 6.08. The van der Waals surface area contributed by atoms with Crippen LogP contribution in [0.25, 0.3) is 11.1 Å². The molecule has 33 heavy (non-hydrogen) atoms. The fourth-order valence-corrected chi connectivity index (χ4v) is 3.65. The summed E-state index contributed by atoms with van der Waals surface area (Å²) in [5, 5.41) is 16.3. The molecule has 3 aromatic carbocycles. The Hall–Kier alpha value is -3.96. The van der Waals surface area contributed by atoms with Gasteiger partial charge in [0.25, 0.3) is 5.91 Å². The number of amides is 1. The van der Waals surface area contributed by atoms with Gasteiger partial charge in [0.1, 0.15) is 0 Å². The monoisotopic (exact) mass is 437 g/mol. The highest BCUT2D eigenvalue weighted by atomic mass is 16.3. The highest BCUT2D eigenvalue weighted by Crippen LogP contribution is 2.27. The quantitative estimate of drug-likeness (QED) is 0.330. The number of anilines is 2. The van der Waals surface area contributed by atoms with E-state index in [1.54, 1.807) is 13.1 Å². The zero-order valence-corrected chi connectivity index (χ0v) is 18.5. The minimum absolute atomic E-state index is 0.177. The number of hydrogen-bond acceptors (Lipinski definition) is 4. The maximum atomic E-state index is 13.1. The van der Waals surface area contributed by atoms with E-state index >= 15 is 0 Å². The SMILES string of the molecule is CC(O)c1cccc(-c2ccccc2C(=O)Nc2ccc(NCCc3ccccn3)cc2)c1. The highest BCUT2D eigenvalue weighted by Gasteiger charge is 2.14. The van der Waals surface area contributed by atoms with Crippen molar-refractivity contribution in [2.45, 2.75) is 19.4 Å². The van der Waals surface area contributed by atoms with Gasteiger partial charge in [0.2, 0.25) is 0 Å². The zero-order chi connectivity index (χ0) is 23.0. The molecular weight excluding hydrogens is 410 g/mol. The number of benzene rings is 3. The van der Waals surface area contributed by atoms with Crippen LogP contribution in [0.1, 0.15) is 34.6 Å². The van der Waals surface area contributed by atoms with E-state index in [0.29, 0.717) is 5.56 Å². The number of aromatic nitrogens is 1. The molecule has 3 N–H and O–H groups in total. The number of pyridine rings is 1. The second kappa shape index (κ2) is 10.6. The molecule has 0 saturated carbocycles. The third-order valence-corrected chi connectivity index (χ3v) is 5.43. The van der Waals surface area contributed by atoms with Crippen LogP contribution in [-0.2, 0) is 6.42 Å². The van der Waals surface area contributed by atoms with Crippen LogP contribution in [0, 0.1) is 0 Å². The molecule has 0 aliphatic carbocycles. The summed E-state index contributed by atoms with van der Waals surface area (Å²) in [5.41, 5.74) is 5.87. The fraction of sp³-hybridized carbons (Fsp3) is 0.143. The molecule has 0 aliphatic heterocycles. The molecule has 0 spiro atoms. The van der Waals surface area contributed by atoms with Gasteiger partial charge in [-0.05, 0) is 72.1 Å². The summed E-state index contributed by atoms with van der Waals surface area (Å²) in [6.45, 7) is 2.51. The fourth-order valence-electron chi connectivity index (χ4n) is 3.65. The van der Waals surface area contributed by atoms with Crippen LogP contribution in [0.2, 0.25) is 0 Å². The molecule has 1 aromatic heterocycles. The van der Waals surface area contributed by atoms with Crippen molar-refractivity contribution >= 4 is 17.3 Å². The van der Waals surface area contributed by atoms with E-state index in [-0.39, 0.29) is 5.91 Å². The molecule has 1 unspecified atom stereocenters. The van der Waals surface area contributed by atoms with Gasteiger partial charge in [-0.25, -0.2) is 0 Å². The summed E-state index contributed by atoms with van der Waals surface area (Å²) in [4.78, 5) is 17.4. The molecular formula is C28H27N3O2. The van der Waals surface area contributed by atoms with E-state index in [1.807, 2.05) is 91.0 Å². The van der Waals surface area contributed by atoms with Gasteiger partial charge < -0.3 is 15.7 Å². The lowest BCUT2D eigenvalue weighted by Gasteiger charge is -2.13. The first kappa shape index (κ1) is 22.2. The van der Waals surface area contributed by atoms with E-state index in [2.05, 4.69) is 15.6 Å². The van der Waals surface area contributed by atoms with Crippen LogP contribution in [0.15, 0.2) is 97.2 Å². The molecule has 1 heterocycles. The average Bonchev–Trinajstić information content (AvgIpc) is 2.86. The van der Waals surface area contributed by atoms with E-state index < -0.39 is 6.10 Å². The van der Waals surface area contributed by atoms with Crippen molar-refractivity contribution in [1.29, 1.82) is 0 Å². The normalized spacial score (nSPS) is 11.6. The van der Waals surface area contributed by atoms with Crippen molar-refractivity contribution < 1.29 is 9.90 Å². The van der Waals surface area contributed by atoms with Crippen LogP contribution in [0.5, 0.6) is 0 Å². The van der Waals surface area contributed by atoms with Crippen LogP contribution in [-0.4, -0.2) is 22.5 Å². The first-order valence-corrected chi connectivity index (χ1v) is 11.0. The molecule has 0 aliphatic rings. The van der Waals surface area contributed by atoms with Crippen molar-refractivity contribution in [3.63, 3.8) is 0 Å². The lowest BCUT2D eigenvalue weighted by Crippen LogP contribution is -2.13. The number of carbonyl (C=O) groups is 1. The predicted octanol–water partition coefficient (Wildman–Crippen LogP) is 5.71. The molecule has 0 fully saturated rings. The summed E-state index contributed by atoms with van der Waals surface area (Å²) in [5.74, 6) is -0.177. The van der Waals surface area contributed by atoms with Crippen LogP contribution in [0.3, 0.4) is 0 Å². The average molecular weight is 438 g/mol. The Morgan fingerprint density at radius 1 is 0.909 bits per heavy atom. The van der Waals surface area contributed by atoms with Crippen LogP contribution in [0.4, 0.5) is 11.4 Å². The van der Waals surface area contributed by atoms with Crippen molar-refractivity contribution in [1.82, 2.24) is 4.98 Å². The van der Waals surface area contributed by atoms with Gasteiger partial charge in [0.05, 0.1) is 6.10 Å². The predicted molar refractivity (Wildman–Crippen MR) is 133 cm³/mol. The summed E-state index contributed by atoms with van der Waals surface area (Å²) in [6.07, 6.45) is 2.07. The van der Waals surface area contributed by atoms with E-state index in [4.69, 9.17) is 0 Å². The lowest BCUT2D eigenvalue weighted by atomic mass is 9.96. The summed E-state index contributed by atoms with van der Waals surface area (Å²) >= 11 is 0. The largest absolute Gasteiger partial charge is 0.389 e. The van der Waals surface area contributed by atoms with Gasteiger partial charge in [0, 0.05) is 41.8 Å². The smallest absolute Gasteiger partial charge is 0.256 e. The molecule has 166 valence electrons. The Morgan fingerprint density at radius 3 is 2.42 bits per heavy atom. The van der Waals surface area contributed by atoms with Gasteiger partial charge in [-0.1, -0.05) is 42.5 Å². The second-order valence-corrected chi connectivity index (χ2v) is 7.88. The number of rotatable bonds is 8. The molecule has 1 amide bonds. The standard InChI is InChI=1S/C28H27N3O2/c1-20(32)21-7-6-8-22(19-21)26-10-2-3-11-27(26)28(33)31-25-14-12-24(13-15-25)30-18-16-23-9-4-5-17-29-23/h2-15,17,19-20,30,32H,16,18H2,1H3,(H,31,33). The van der Waals surface area contributed by atoms with Gasteiger partial charge in [-0.15, -0.1) is 0 Å².